The third kappa shape index (κ3) is 58.6. The van der Waals surface area contributed by atoms with Crippen LogP contribution in [-0.2, 0) is 66.7 Å². The molecule has 0 aromatic heterocycles. The van der Waals surface area contributed by atoms with Gasteiger partial charge in [0.2, 0.25) is 0 Å². The Bertz CT molecular complexity index is 2340. The van der Waals surface area contributed by atoms with Gasteiger partial charge in [-0.05, 0) is 150 Å². The first-order chi connectivity index (χ1) is 46.5. The van der Waals surface area contributed by atoms with Crippen LogP contribution in [0.1, 0.15) is 312 Å². The van der Waals surface area contributed by atoms with Gasteiger partial charge in [0.15, 0.2) is 0 Å². The van der Waals surface area contributed by atoms with E-state index in [-0.39, 0.29) is 48.1 Å². The van der Waals surface area contributed by atoms with Gasteiger partial charge in [-0.25, -0.2) is 0 Å². The molecule has 0 heterocycles. The van der Waals surface area contributed by atoms with Crippen LogP contribution < -0.4 is 0 Å². The van der Waals surface area contributed by atoms with Crippen molar-refractivity contribution in [2.24, 2.45) is 70.5 Å². The number of benzene rings is 3. The van der Waals surface area contributed by atoms with Crippen LogP contribution in [0.15, 0.2) is 78.9 Å². The first-order valence-electron chi connectivity index (χ1n) is 37.4. The van der Waals surface area contributed by atoms with Crippen LogP contribution in [0.4, 0.5) is 0 Å². The minimum absolute atomic E-state index is 0.0486. The lowest BCUT2D eigenvalue weighted by molar-refractivity contribution is -0.138. The first-order valence-corrected chi connectivity index (χ1v) is 37.4. The van der Waals surface area contributed by atoms with E-state index in [4.69, 9.17) is 28.4 Å². The molecule has 8 unspecified atom stereocenters. The van der Waals surface area contributed by atoms with Crippen molar-refractivity contribution in [1.82, 2.24) is 0 Å². The number of rotatable bonds is 35. The monoisotopic (exact) mass is 1410 g/mol. The van der Waals surface area contributed by atoms with Crippen LogP contribution >= 0.6 is 0 Å². The molecule has 0 saturated carbocycles. The summed E-state index contributed by atoms with van der Waals surface area (Å²) in [5.74, 6) is 7.22. The summed E-state index contributed by atoms with van der Waals surface area (Å²) < 4.78 is 34.1. The molecule has 0 radical (unpaired) electrons. The van der Waals surface area contributed by atoms with E-state index in [1.165, 1.54) is 22.3 Å². The Morgan fingerprint density at radius 3 is 0.980 bits per heavy atom. The molecule has 0 saturated heterocycles. The second-order valence-corrected chi connectivity index (χ2v) is 31.5. The average molecular weight is 1410 g/mol. The molecule has 3 aromatic carbocycles. The third-order valence-corrected chi connectivity index (χ3v) is 17.1. The SMILES string of the molecule is CC(C)C(C)OC=O.CC(C)C(CC(C)(C)C)OC=O.CC(C)C(OC=O)C(C)C.CC(C)C(OC=O)c1ccccc1.CC(C)CC(OC=O)C(C)C.CC(C)c1ccc(C(C)C(C)C)cc1.CCC(OC=O)C(C)C.CCCCC(OC=O)C(C)C.Cc1ccc(C(C)C(C)C)cc1. The molecule has 14 nitrogen and oxygen atoms in total. The van der Waals surface area contributed by atoms with Crippen LogP contribution in [0.25, 0.3) is 0 Å². The van der Waals surface area contributed by atoms with Gasteiger partial charge < -0.3 is 33.2 Å². The fourth-order valence-electron chi connectivity index (χ4n) is 9.51. The summed E-state index contributed by atoms with van der Waals surface area (Å²) in [7, 11) is 0. The fraction of sp³-hybridized carbons (Fsp3) is 0.709. The second kappa shape index (κ2) is 63.8. The molecule has 0 aliphatic carbocycles. The molecular weight excluding hydrogens is 1260 g/mol. The summed E-state index contributed by atoms with van der Waals surface area (Å²) in [6.07, 6.45) is 6.42. The summed E-state index contributed by atoms with van der Waals surface area (Å²) in [5, 5.41) is 0. The average Bonchev–Trinajstić information content (AvgIpc) is 0.884. The molecule has 3 aromatic rings. The topological polar surface area (TPSA) is 184 Å². The number of carbonyl (C=O) groups excluding carboxylic acids is 7. The van der Waals surface area contributed by atoms with Gasteiger partial charge in [-0.2, -0.15) is 0 Å². The molecule has 0 fully saturated rings. The molecule has 0 spiro atoms. The van der Waals surface area contributed by atoms with Gasteiger partial charge in [0.1, 0.15) is 42.7 Å². The summed E-state index contributed by atoms with van der Waals surface area (Å²) in [6.45, 7) is 73.5. The van der Waals surface area contributed by atoms with Crippen molar-refractivity contribution in [3.05, 3.63) is 107 Å². The normalized spacial score (nSPS) is 13.2. The highest BCUT2D eigenvalue weighted by atomic mass is 16.5. The smallest absolute Gasteiger partial charge is 0.293 e. The van der Waals surface area contributed by atoms with Gasteiger partial charge in [0.05, 0.1) is 0 Å². The number of ether oxygens (including phenoxy) is 7. The Labute approximate surface area is 613 Å². The Morgan fingerprint density at radius 2 is 0.710 bits per heavy atom. The van der Waals surface area contributed by atoms with E-state index in [9.17, 15) is 33.6 Å². The molecule has 0 amide bonds. The summed E-state index contributed by atoms with van der Waals surface area (Å²) in [6, 6.07) is 27.7. The standard InChI is InChI=1S/C14H22.C12H18.C11H14O2.C10H20O2.2C9H18O2.C8H16O2.C7H14O2.C6H12O2/c1-10(2)12(5)14-8-6-13(7-9-14)11(3)4;1-9(2)11(4)12-7-5-10(3)6-8-12;1-9(2)11(13-8-12)10-6-4-3-5-7-10;1-8(2)9(12-7-11)6-10(3,4)5;1-7(2)5-9(8(3)4)11-6-10;1-4-5-6-9(8(2)3)11-7-10;1-6(2)8(7(3)4)10-5-9;1-4-7(6(2)3)9-5-8;1-5(2)6(3)8-4-7/h6-12H,1-5H3;5-9,11H,1-4H3;3-9,11H,1-2H3;7-9H,6H2,1-5H3;6-9H,5H2,1-4H3;7-9H,4-6H2,1-3H3;5-8H,1-4H3;5-7H,4H2,1-3H3;4-6H,1-3H3. The van der Waals surface area contributed by atoms with Gasteiger partial charge in [-0.3, -0.25) is 33.6 Å². The Kier molecular flexibility index (Phi) is 67.0. The van der Waals surface area contributed by atoms with Gasteiger partial charge >= 0.3 is 0 Å². The van der Waals surface area contributed by atoms with Gasteiger partial charge in [0.25, 0.3) is 45.3 Å². The van der Waals surface area contributed by atoms with E-state index >= 15 is 0 Å². The van der Waals surface area contributed by atoms with E-state index in [1.807, 2.05) is 113 Å². The van der Waals surface area contributed by atoms with Crippen molar-refractivity contribution in [2.75, 3.05) is 0 Å². The Morgan fingerprint density at radius 1 is 0.350 bits per heavy atom. The fourth-order valence-corrected chi connectivity index (χ4v) is 9.51. The van der Waals surface area contributed by atoms with Gasteiger partial charge in [-0.15, -0.1) is 0 Å². The molecule has 0 aliphatic rings. The quantitative estimate of drug-likeness (QED) is 0.0400. The molecule has 580 valence electrons. The number of carbonyl (C=O) groups is 7. The van der Waals surface area contributed by atoms with E-state index in [2.05, 4.69) is 199 Å². The van der Waals surface area contributed by atoms with Crippen LogP contribution in [0.3, 0.4) is 0 Å². The van der Waals surface area contributed by atoms with Crippen molar-refractivity contribution >= 4 is 45.3 Å². The van der Waals surface area contributed by atoms with Gasteiger partial charge in [-0.1, -0.05) is 312 Å². The molecular formula is C86H152O14. The number of hydrogen-bond acceptors (Lipinski definition) is 14. The van der Waals surface area contributed by atoms with E-state index in [0.717, 1.165) is 55.9 Å². The zero-order chi connectivity index (χ0) is 78.8. The van der Waals surface area contributed by atoms with Crippen molar-refractivity contribution in [1.29, 1.82) is 0 Å². The van der Waals surface area contributed by atoms with Crippen LogP contribution in [0.5, 0.6) is 0 Å². The minimum Gasteiger partial charge on any atom is -0.465 e. The van der Waals surface area contributed by atoms with Gasteiger partial charge in [0, 0.05) is 0 Å². The van der Waals surface area contributed by atoms with Crippen molar-refractivity contribution in [3.63, 3.8) is 0 Å². The third-order valence-electron chi connectivity index (χ3n) is 17.1. The zero-order valence-corrected chi connectivity index (χ0v) is 69.6. The highest BCUT2D eigenvalue weighted by Gasteiger charge is 2.23. The lowest BCUT2D eigenvalue weighted by Crippen LogP contribution is -2.25. The summed E-state index contributed by atoms with van der Waals surface area (Å²) in [5.41, 5.74) is 6.96. The Hall–Kier alpha value is -6.05. The van der Waals surface area contributed by atoms with E-state index in [0.29, 0.717) is 116 Å². The second-order valence-electron chi connectivity index (χ2n) is 31.5. The Balaban J connectivity index is -0.000000250. The number of unbranched alkanes of at least 4 members (excludes halogenated alkanes) is 1. The van der Waals surface area contributed by atoms with Crippen molar-refractivity contribution in [2.45, 2.75) is 327 Å². The van der Waals surface area contributed by atoms with Crippen molar-refractivity contribution < 1.29 is 66.7 Å². The maximum Gasteiger partial charge on any atom is 0.293 e. The number of hydrogen-bond donors (Lipinski definition) is 0. The minimum atomic E-state index is -0.126. The highest BCUT2D eigenvalue weighted by Crippen LogP contribution is 2.28. The molecule has 8 atom stereocenters. The zero-order valence-electron chi connectivity index (χ0n) is 69.6. The molecule has 0 bridgehead atoms. The summed E-state index contributed by atoms with van der Waals surface area (Å²) >= 11 is 0. The largest absolute Gasteiger partial charge is 0.465 e. The first kappa shape index (κ1) is 105. The predicted molar refractivity (Wildman–Crippen MR) is 418 cm³/mol. The van der Waals surface area contributed by atoms with Crippen LogP contribution in [-0.4, -0.2) is 81.9 Å². The highest BCUT2D eigenvalue weighted by molar-refractivity contribution is 5.40. The maximum atomic E-state index is 10.3. The lowest BCUT2D eigenvalue weighted by atomic mass is 9.85. The molecule has 14 heteroatoms. The molecule has 100 heavy (non-hydrogen) atoms. The maximum absolute atomic E-state index is 10.3. The molecule has 3 rings (SSSR count). The van der Waals surface area contributed by atoms with E-state index in [1.54, 1.807) is 0 Å². The van der Waals surface area contributed by atoms with Crippen LogP contribution in [0.2, 0.25) is 0 Å². The molecule has 0 N–H and O–H groups in total. The van der Waals surface area contributed by atoms with Crippen molar-refractivity contribution in [3.8, 4) is 0 Å². The summed E-state index contributed by atoms with van der Waals surface area (Å²) in [4.78, 5) is 70.1. The molecule has 0 aliphatic heterocycles. The predicted octanol–water partition coefficient (Wildman–Crippen LogP) is 22.7. The van der Waals surface area contributed by atoms with E-state index < -0.39 is 0 Å². The lowest BCUT2D eigenvalue weighted by Gasteiger charge is -2.27. The number of aryl methyl sites for hydroxylation is 1. The van der Waals surface area contributed by atoms with Crippen LogP contribution in [0, 0.1) is 77.4 Å².